The van der Waals surface area contributed by atoms with Gasteiger partial charge in [0.25, 0.3) is 5.91 Å². The Labute approximate surface area is 159 Å². The van der Waals surface area contributed by atoms with E-state index in [1.165, 1.54) is 12.3 Å². The number of hydrogen-bond donors (Lipinski definition) is 3. The van der Waals surface area contributed by atoms with Crippen LogP contribution in [0.1, 0.15) is 10.5 Å². The second kappa shape index (κ2) is 8.20. The van der Waals surface area contributed by atoms with Crippen molar-refractivity contribution in [2.45, 2.75) is 0 Å². The maximum atomic E-state index is 12.3. The molecule has 2 aromatic carbocycles. The van der Waals surface area contributed by atoms with E-state index in [1.54, 1.807) is 48.5 Å². The summed E-state index contributed by atoms with van der Waals surface area (Å²) in [5.74, 6) is 0.177. The van der Waals surface area contributed by atoms with Crippen LogP contribution in [0.15, 0.2) is 60.8 Å². The Hall–Kier alpha value is -3.58. The topological polar surface area (TPSA) is 101 Å². The minimum Gasteiger partial charge on any atom is -0.504 e. The fourth-order valence-corrected chi connectivity index (χ4v) is 2.36. The van der Waals surface area contributed by atoms with Crippen LogP contribution in [0.5, 0.6) is 17.2 Å². The van der Waals surface area contributed by atoms with Crippen molar-refractivity contribution in [3.8, 4) is 17.2 Å². The Bertz CT molecular complexity index is 960. The van der Waals surface area contributed by atoms with Crippen molar-refractivity contribution in [2.24, 2.45) is 0 Å². The highest BCUT2D eigenvalue weighted by molar-refractivity contribution is 6.30. The summed E-state index contributed by atoms with van der Waals surface area (Å²) >= 11 is 5.83. The number of aromatic nitrogens is 1. The van der Waals surface area contributed by atoms with E-state index < -0.39 is 11.7 Å². The first-order valence-electron chi connectivity index (χ1n) is 7.80. The predicted octanol–water partition coefficient (Wildman–Crippen LogP) is 4.05. The molecule has 0 unspecified atom stereocenters. The largest absolute Gasteiger partial charge is 0.504 e. The van der Waals surface area contributed by atoms with Gasteiger partial charge < -0.3 is 20.5 Å². The average molecular weight is 384 g/mol. The zero-order valence-electron chi connectivity index (χ0n) is 13.8. The van der Waals surface area contributed by atoms with Gasteiger partial charge in [0, 0.05) is 16.9 Å². The number of nitrogens with one attached hydrogen (secondary N) is 2. The summed E-state index contributed by atoms with van der Waals surface area (Å²) < 4.78 is 5.67. The van der Waals surface area contributed by atoms with Crippen LogP contribution in [0, 0.1) is 0 Å². The van der Waals surface area contributed by atoms with Crippen molar-refractivity contribution in [1.82, 2.24) is 4.98 Å². The Morgan fingerprint density at radius 3 is 2.30 bits per heavy atom. The van der Waals surface area contributed by atoms with Crippen molar-refractivity contribution in [3.63, 3.8) is 0 Å². The molecule has 136 valence electrons. The van der Waals surface area contributed by atoms with Crippen molar-refractivity contribution < 1.29 is 19.4 Å². The lowest BCUT2D eigenvalue weighted by atomic mass is 10.2. The number of pyridine rings is 1. The Morgan fingerprint density at radius 2 is 1.67 bits per heavy atom. The molecule has 0 saturated heterocycles. The van der Waals surface area contributed by atoms with Crippen LogP contribution in [-0.4, -0.2) is 22.4 Å². The van der Waals surface area contributed by atoms with Gasteiger partial charge in [-0.2, -0.15) is 0 Å². The first-order valence-corrected chi connectivity index (χ1v) is 8.17. The Kier molecular flexibility index (Phi) is 5.53. The van der Waals surface area contributed by atoms with Gasteiger partial charge in [-0.25, -0.2) is 4.98 Å². The van der Waals surface area contributed by atoms with Crippen molar-refractivity contribution in [3.05, 3.63) is 71.5 Å². The maximum absolute atomic E-state index is 12.3. The van der Waals surface area contributed by atoms with E-state index >= 15 is 0 Å². The molecule has 3 rings (SSSR count). The molecule has 8 heteroatoms. The second-order valence-electron chi connectivity index (χ2n) is 5.35. The van der Waals surface area contributed by atoms with Crippen molar-refractivity contribution >= 4 is 35.3 Å². The lowest BCUT2D eigenvalue weighted by molar-refractivity contribution is -0.105. The van der Waals surface area contributed by atoms with E-state index in [9.17, 15) is 14.7 Å². The SMILES string of the molecule is O=CNc1ccnc(C(=O)Nc2ccc(Oc3ccc(Cl)cc3)cc2)c1O. The molecule has 0 aliphatic carbocycles. The van der Waals surface area contributed by atoms with E-state index in [1.807, 2.05) is 0 Å². The first kappa shape index (κ1) is 18.2. The summed E-state index contributed by atoms with van der Waals surface area (Å²) in [6.45, 7) is 0. The number of anilines is 2. The van der Waals surface area contributed by atoms with Gasteiger partial charge >= 0.3 is 0 Å². The van der Waals surface area contributed by atoms with Crippen LogP contribution in [-0.2, 0) is 4.79 Å². The molecule has 1 heterocycles. The number of rotatable bonds is 6. The highest BCUT2D eigenvalue weighted by Crippen LogP contribution is 2.27. The molecule has 2 amide bonds. The highest BCUT2D eigenvalue weighted by Gasteiger charge is 2.16. The van der Waals surface area contributed by atoms with Gasteiger partial charge in [-0.3, -0.25) is 9.59 Å². The van der Waals surface area contributed by atoms with Crippen LogP contribution >= 0.6 is 11.6 Å². The minimum absolute atomic E-state index is 0.0943. The van der Waals surface area contributed by atoms with Crippen molar-refractivity contribution in [2.75, 3.05) is 10.6 Å². The summed E-state index contributed by atoms with van der Waals surface area (Å²) in [5, 5.41) is 15.5. The third-order valence-corrected chi connectivity index (χ3v) is 3.77. The standard InChI is InChI=1S/C19H14ClN3O4/c20-12-1-5-14(6-2-12)27-15-7-3-13(4-8-15)23-19(26)17-18(25)16(22-11-24)9-10-21-17/h1-11,25H,(H,23,26)(H,21,22,24). The summed E-state index contributed by atoms with van der Waals surface area (Å²) in [5.41, 5.74) is 0.374. The lowest BCUT2D eigenvalue weighted by Gasteiger charge is -2.10. The number of hydrogen-bond acceptors (Lipinski definition) is 5. The van der Waals surface area contributed by atoms with Crippen LogP contribution in [0.25, 0.3) is 0 Å². The molecule has 0 spiro atoms. The second-order valence-corrected chi connectivity index (χ2v) is 5.79. The van der Waals surface area contributed by atoms with Gasteiger partial charge in [0.1, 0.15) is 11.5 Å². The average Bonchev–Trinajstić information content (AvgIpc) is 2.67. The van der Waals surface area contributed by atoms with Crippen LogP contribution < -0.4 is 15.4 Å². The van der Waals surface area contributed by atoms with Gasteiger partial charge in [-0.05, 0) is 54.6 Å². The molecule has 0 bridgehead atoms. The normalized spacial score (nSPS) is 10.1. The third-order valence-electron chi connectivity index (χ3n) is 3.52. The van der Waals surface area contributed by atoms with Gasteiger partial charge in [0.15, 0.2) is 11.4 Å². The van der Waals surface area contributed by atoms with E-state index in [2.05, 4.69) is 15.6 Å². The highest BCUT2D eigenvalue weighted by atomic mass is 35.5. The molecule has 0 radical (unpaired) electrons. The van der Waals surface area contributed by atoms with E-state index in [-0.39, 0.29) is 11.4 Å². The van der Waals surface area contributed by atoms with Crippen LogP contribution in [0.4, 0.5) is 11.4 Å². The molecule has 7 nitrogen and oxygen atoms in total. The Morgan fingerprint density at radius 1 is 1.04 bits per heavy atom. The molecule has 0 aliphatic heterocycles. The summed E-state index contributed by atoms with van der Waals surface area (Å²) in [6, 6.07) is 15.0. The molecule has 1 aromatic heterocycles. The van der Waals surface area contributed by atoms with Crippen LogP contribution in [0.2, 0.25) is 5.02 Å². The zero-order valence-corrected chi connectivity index (χ0v) is 14.6. The van der Waals surface area contributed by atoms with E-state index in [0.717, 1.165) is 0 Å². The number of ether oxygens (including phenoxy) is 1. The summed E-state index contributed by atoms with van der Waals surface area (Å²) in [6.07, 6.45) is 1.71. The monoisotopic (exact) mass is 383 g/mol. The number of aromatic hydroxyl groups is 1. The molecule has 27 heavy (non-hydrogen) atoms. The number of benzene rings is 2. The third kappa shape index (κ3) is 4.53. The first-order chi connectivity index (χ1) is 13.1. The Balaban J connectivity index is 1.69. The fraction of sp³-hybridized carbons (Fsp3) is 0. The van der Waals surface area contributed by atoms with E-state index in [0.29, 0.717) is 28.6 Å². The van der Waals surface area contributed by atoms with Crippen LogP contribution in [0.3, 0.4) is 0 Å². The van der Waals surface area contributed by atoms with Gasteiger partial charge in [-0.15, -0.1) is 0 Å². The fourth-order valence-electron chi connectivity index (χ4n) is 2.24. The quantitative estimate of drug-likeness (QED) is 0.557. The molecule has 3 N–H and O–H groups in total. The zero-order chi connectivity index (χ0) is 19.2. The number of carbonyl (C=O) groups is 2. The number of nitrogens with zero attached hydrogens (tertiary/aromatic N) is 1. The lowest BCUT2D eigenvalue weighted by Crippen LogP contribution is -2.14. The van der Waals surface area contributed by atoms with Gasteiger partial charge in [-0.1, -0.05) is 11.6 Å². The number of halogens is 1. The smallest absolute Gasteiger partial charge is 0.278 e. The van der Waals surface area contributed by atoms with Gasteiger partial charge in [0.05, 0.1) is 5.69 Å². The predicted molar refractivity (Wildman–Crippen MR) is 102 cm³/mol. The molecule has 0 atom stereocenters. The molecule has 0 saturated carbocycles. The minimum atomic E-state index is -0.617. The molecule has 3 aromatic rings. The molecular formula is C19H14ClN3O4. The molecule has 0 aliphatic rings. The summed E-state index contributed by atoms with van der Waals surface area (Å²) in [4.78, 5) is 26.7. The number of amides is 2. The molecule has 0 fully saturated rings. The maximum Gasteiger partial charge on any atom is 0.278 e. The van der Waals surface area contributed by atoms with Crippen molar-refractivity contribution in [1.29, 1.82) is 0 Å². The van der Waals surface area contributed by atoms with Gasteiger partial charge in [0.2, 0.25) is 6.41 Å². The van der Waals surface area contributed by atoms with E-state index in [4.69, 9.17) is 16.3 Å². The summed E-state index contributed by atoms with van der Waals surface area (Å²) in [7, 11) is 0. The molecular weight excluding hydrogens is 370 g/mol. The number of carbonyl (C=O) groups excluding carboxylic acids is 2.